The lowest BCUT2D eigenvalue weighted by atomic mass is 9.96. The average Bonchev–Trinajstić information content (AvgIpc) is 1.69. The molecule has 0 aliphatic carbocycles. The minimum atomic E-state index is -1.95. The highest BCUT2D eigenvalue weighted by Crippen LogP contribution is 2.29. The third-order valence-electron chi connectivity index (χ3n) is 19.4. The number of aliphatic carboxylic acids is 2. The van der Waals surface area contributed by atoms with Crippen molar-refractivity contribution in [2.45, 2.75) is 203 Å². The summed E-state index contributed by atoms with van der Waals surface area (Å²) in [5.41, 5.74) is 17.7. The summed E-state index contributed by atoms with van der Waals surface area (Å²) in [4.78, 5) is 221. The quantitative estimate of drug-likeness (QED) is 0.0183. The average molecular weight is 1550 g/mol. The third-order valence-corrected chi connectivity index (χ3v) is 21.8. The van der Waals surface area contributed by atoms with Gasteiger partial charge in [-0.3, -0.25) is 72.1 Å². The molecule has 4 heterocycles. The largest absolute Gasteiger partial charge is 0.481 e. The van der Waals surface area contributed by atoms with E-state index in [4.69, 9.17) is 17.2 Å². The molecule has 36 nitrogen and oxygen atoms in total. The van der Waals surface area contributed by atoms with E-state index in [1.54, 1.807) is 88.4 Å². The highest BCUT2D eigenvalue weighted by Gasteiger charge is 2.47. The van der Waals surface area contributed by atoms with Crippen molar-refractivity contribution in [3.8, 4) is 0 Å². The maximum Gasteiger partial charge on any atom is 0.326 e. The Hall–Kier alpha value is -9.66. The normalized spacial score (nSPS) is 24.9. The Balaban J connectivity index is 1.46. The summed E-state index contributed by atoms with van der Waals surface area (Å²) in [6.45, 7) is 6.41. The third kappa shape index (κ3) is 25.2. The molecule has 0 aromatic heterocycles. The molecule has 38 heteroatoms. The number of rotatable bonds is 26. The molecular formula is C70H103N17O19S2. The van der Waals surface area contributed by atoms with Gasteiger partial charge in [0.15, 0.2) is 5.96 Å². The Morgan fingerprint density at radius 2 is 1.17 bits per heavy atom. The van der Waals surface area contributed by atoms with Gasteiger partial charge in [-0.2, -0.15) is 0 Å². The predicted molar refractivity (Wildman–Crippen MR) is 395 cm³/mol. The topological polar surface area (TPSA) is 557 Å². The first-order valence-corrected chi connectivity index (χ1v) is 38.7. The zero-order chi connectivity index (χ0) is 79.5. The van der Waals surface area contributed by atoms with E-state index in [0.29, 0.717) is 30.4 Å². The van der Waals surface area contributed by atoms with E-state index in [9.17, 15) is 78.0 Å². The van der Waals surface area contributed by atoms with Crippen LogP contribution in [-0.2, 0) is 84.8 Å². The number of hydrogen-bond donors (Lipinski definition) is 17. The lowest BCUT2D eigenvalue weighted by Gasteiger charge is -2.35. The number of guanidine groups is 1. The van der Waals surface area contributed by atoms with Gasteiger partial charge in [-0.1, -0.05) is 123 Å². The number of aliphatic imine (C=N–C) groups is 1. The molecule has 594 valence electrons. The van der Waals surface area contributed by atoms with Crippen LogP contribution in [0.2, 0.25) is 0 Å². The number of carbonyl (C=O) groups is 15. The molecule has 0 unspecified atom stereocenters. The molecular weight excluding hydrogens is 1450 g/mol. The molecule has 2 aromatic rings. The summed E-state index contributed by atoms with van der Waals surface area (Å²) in [6, 6.07) is -3.49. The number of amides is 13. The number of nitrogens with zero attached hydrogens (tertiary/aromatic N) is 4. The van der Waals surface area contributed by atoms with Crippen molar-refractivity contribution < 1.29 is 92.3 Å². The number of carboxylic acid groups (broad SMARTS) is 2. The standard InChI is InChI=1S/C70H103N17O19S2/c1-6-37(3)54-64(100)81-47(60(96)77-44(31-41-20-12-9-13-21-41)66(102)85-27-15-23-49(85)62(98)78-45(69(105)106)32-53(91)92)35-107-108-36-48(80-57(93)42(75-52(90)33-71)22-14-26-74-70(72)73)61(97)84-56(39(5)89)65(101)76-43(30-40-18-10-8-11-19-40)58(94)79-46(34-88)59(95)83-55(38(4)7-2)68(104)87-29-17-25-51(87)67(103)86-28-16-24-50(86)63(99)82-54/h8-13,18-21,37-39,42-51,54-56,88-89H,6-7,14-17,22-36,71H2,1-5H3,(H,75,90)(H,76,101)(H,77,96)(H,78,98)(H,79,94)(H,80,93)(H,81,100)(H,82,99)(H,83,95)(H,84,97)(H,91,92)(H,105,106)(H4,72,73,74)/t37-,38-,39+,42-,43-,44-,45-,46-,47-,48-,49-,50-,51-,54-,55-,56-/m0/s1. The number of fused-ring (bicyclic) bond motifs is 2. The van der Waals surface area contributed by atoms with E-state index in [1.807, 2.05) is 0 Å². The van der Waals surface area contributed by atoms with E-state index in [1.165, 1.54) is 9.80 Å². The van der Waals surface area contributed by atoms with Crippen LogP contribution in [0.1, 0.15) is 116 Å². The summed E-state index contributed by atoms with van der Waals surface area (Å²) in [5.74, 6) is -17.6. The first kappa shape index (κ1) is 87.3. The van der Waals surface area contributed by atoms with Crippen LogP contribution in [0.3, 0.4) is 0 Å². The van der Waals surface area contributed by atoms with Crippen LogP contribution in [0.25, 0.3) is 0 Å². The summed E-state index contributed by atoms with van der Waals surface area (Å²) in [5, 5.41) is 67.0. The molecule has 4 aliphatic heterocycles. The lowest BCUT2D eigenvalue weighted by molar-refractivity contribution is -0.149. The van der Waals surface area contributed by atoms with Crippen LogP contribution >= 0.6 is 21.6 Å². The van der Waals surface area contributed by atoms with Gasteiger partial charge in [0, 0.05) is 50.5 Å². The first-order chi connectivity index (χ1) is 51.4. The summed E-state index contributed by atoms with van der Waals surface area (Å²) < 4.78 is 0. The molecule has 4 saturated heterocycles. The molecule has 0 saturated carbocycles. The SMILES string of the molecule is CC[C@H](C)[C@@H]1NC(=O)[C@@H]2CCCN2C(=O)[C@@H]2CCCN2C(=O)[C@H]([C@@H](C)CC)NC(=O)[C@H](CO)NC(=O)[C@H](Cc2ccccc2)NC(=O)[C@H]([C@@H](C)O)NC(=O)[C@@H](NC(=O)[C@H](CCCN=C(N)N)NC(=O)CN)CSSC[C@@H](C(=O)N[C@@H](Cc2ccccc2)C(=O)N2CCC[C@H]2C(=O)N[C@@H](CC(=O)O)C(=O)O)NC1=O. The Kier molecular flexibility index (Phi) is 34.6. The van der Waals surface area contributed by atoms with Crippen molar-refractivity contribution in [1.29, 1.82) is 0 Å². The summed E-state index contributed by atoms with van der Waals surface area (Å²) in [6.07, 6.45) is -1.55. The van der Waals surface area contributed by atoms with Crippen LogP contribution < -0.4 is 70.4 Å². The van der Waals surface area contributed by atoms with E-state index < -0.39 is 216 Å². The summed E-state index contributed by atoms with van der Waals surface area (Å²) >= 11 is 0. The number of likely N-dealkylation sites (tertiary alicyclic amines) is 1. The van der Waals surface area contributed by atoms with Gasteiger partial charge in [-0.15, -0.1) is 0 Å². The molecule has 4 fully saturated rings. The van der Waals surface area contributed by atoms with Crippen LogP contribution in [0.15, 0.2) is 65.7 Å². The van der Waals surface area contributed by atoms with Gasteiger partial charge in [0.2, 0.25) is 76.8 Å². The van der Waals surface area contributed by atoms with E-state index in [2.05, 4.69) is 58.2 Å². The molecule has 13 amide bonds. The Bertz CT molecular complexity index is 3540. The van der Waals surface area contributed by atoms with Gasteiger partial charge < -0.3 is 105 Å². The van der Waals surface area contributed by atoms with Gasteiger partial charge in [0.25, 0.3) is 0 Å². The predicted octanol–water partition coefficient (Wildman–Crippen LogP) is -4.28. The lowest BCUT2D eigenvalue weighted by Crippen LogP contribution is -2.63. The fourth-order valence-corrected chi connectivity index (χ4v) is 15.2. The number of nitrogens with two attached hydrogens (primary N) is 3. The van der Waals surface area contributed by atoms with E-state index >= 15 is 14.4 Å². The first-order valence-electron chi connectivity index (χ1n) is 36.2. The minimum Gasteiger partial charge on any atom is -0.481 e. The zero-order valence-electron chi connectivity index (χ0n) is 61.1. The van der Waals surface area contributed by atoms with Gasteiger partial charge in [-0.05, 0) is 81.3 Å². The van der Waals surface area contributed by atoms with Crippen LogP contribution in [0, 0.1) is 11.8 Å². The molecule has 0 spiro atoms. The molecule has 4 aliphatic rings. The van der Waals surface area contributed by atoms with E-state index in [0.717, 1.165) is 33.4 Å². The smallest absolute Gasteiger partial charge is 0.326 e. The second-order valence-corrected chi connectivity index (χ2v) is 29.8. The molecule has 0 radical (unpaired) electrons. The number of aliphatic hydroxyl groups excluding tert-OH is 2. The van der Waals surface area contributed by atoms with Gasteiger partial charge in [0.1, 0.15) is 78.5 Å². The Labute approximate surface area is 633 Å². The van der Waals surface area contributed by atoms with E-state index in [-0.39, 0.29) is 89.9 Å². The van der Waals surface area contributed by atoms with Crippen molar-refractivity contribution in [2.75, 3.05) is 50.8 Å². The highest BCUT2D eigenvalue weighted by atomic mass is 33.1. The van der Waals surface area contributed by atoms with Gasteiger partial charge in [0.05, 0.1) is 25.7 Å². The maximum atomic E-state index is 15.3. The van der Waals surface area contributed by atoms with Crippen molar-refractivity contribution >= 4 is 116 Å². The van der Waals surface area contributed by atoms with Gasteiger partial charge in [-0.25, -0.2) is 4.79 Å². The zero-order valence-corrected chi connectivity index (χ0v) is 62.7. The Morgan fingerprint density at radius 3 is 1.77 bits per heavy atom. The molecule has 108 heavy (non-hydrogen) atoms. The number of nitrogens with one attached hydrogen (secondary N) is 10. The fraction of sp³-hybridized carbons (Fsp3) is 0.600. The molecule has 2 aromatic carbocycles. The fourth-order valence-electron chi connectivity index (χ4n) is 12.9. The molecule has 0 bridgehead atoms. The second kappa shape index (κ2) is 42.8. The molecule has 20 N–H and O–H groups in total. The van der Waals surface area contributed by atoms with Gasteiger partial charge >= 0.3 is 11.9 Å². The van der Waals surface area contributed by atoms with Crippen molar-refractivity contribution in [3.05, 3.63) is 71.8 Å². The van der Waals surface area contributed by atoms with Crippen molar-refractivity contribution in [1.82, 2.24) is 67.9 Å². The van der Waals surface area contributed by atoms with Crippen LogP contribution in [0.4, 0.5) is 0 Å². The number of carboxylic acids is 2. The number of benzene rings is 2. The van der Waals surface area contributed by atoms with Crippen molar-refractivity contribution in [3.63, 3.8) is 0 Å². The second-order valence-electron chi connectivity index (χ2n) is 27.2. The minimum absolute atomic E-state index is 0.0125. The number of carbonyl (C=O) groups excluding carboxylic acids is 13. The van der Waals surface area contributed by atoms with Crippen LogP contribution in [-0.4, -0.2) is 265 Å². The Morgan fingerprint density at radius 1 is 0.611 bits per heavy atom. The summed E-state index contributed by atoms with van der Waals surface area (Å²) in [7, 11) is 1.65. The highest BCUT2D eigenvalue weighted by molar-refractivity contribution is 8.76. The maximum absolute atomic E-state index is 15.3. The monoisotopic (exact) mass is 1550 g/mol. The number of hydrogen-bond acceptors (Lipinski definition) is 21. The molecule has 6 rings (SSSR count). The number of aliphatic hydroxyl groups is 2. The molecule has 16 atom stereocenters. The van der Waals surface area contributed by atoms with Crippen molar-refractivity contribution in [2.24, 2.45) is 34.0 Å². The van der Waals surface area contributed by atoms with Crippen LogP contribution in [0.5, 0.6) is 0 Å².